The molecule has 1 heterocycles. The highest BCUT2D eigenvalue weighted by atomic mass is 35.5. The Morgan fingerprint density at radius 1 is 1.20 bits per heavy atom. The van der Waals surface area contributed by atoms with Crippen LogP contribution in [0.1, 0.15) is 22.3 Å². The Bertz CT molecular complexity index is 1330. The summed E-state index contributed by atoms with van der Waals surface area (Å²) in [6, 6.07) is 7.08. The van der Waals surface area contributed by atoms with E-state index in [2.05, 4.69) is 5.32 Å². The van der Waals surface area contributed by atoms with E-state index in [0.717, 1.165) is 24.5 Å². The summed E-state index contributed by atoms with van der Waals surface area (Å²) in [4.78, 5) is 24.6. The number of ether oxygens (including phenoxy) is 2. The van der Waals surface area contributed by atoms with Gasteiger partial charge in [0.05, 0.1) is 31.1 Å². The van der Waals surface area contributed by atoms with Crippen LogP contribution >= 0.6 is 11.6 Å². The SMILES string of the molecule is CS(=O)(=O)N[C@H]1[C@H]([C@H](O)[C@H](O)CNC(=O)c2ccc(Cl)cc2)O[C@@](OCc2cccc(F)c2F)(C(=O)O)C[C@@H]1O. The van der Waals surface area contributed by atoms with Crippen LogP contribution in [-0.4, -0.2) is 89.8 Å². The number of amides is 1. The number of sulfonamides is 1. The van der Waals surface area contributed by atoms with Gasteiger partial charge < -0.3 is 35.2 Å². The average Bonchev–Trinajstić information content (AvgIpc) is 2.88. The molecule has 1 saturated heterocycles. The van der Waals surface area contributed by atoms with E-state index < -0.39 is 94.9 Å². The molecule has 6 N–H and O–H groups in total. The molecule has 0 radical (unpaired) electrons. The first-order valence-electron chi connectivity index (χ1n) is 11.7. The maximum Gasteiger partial charge on any atom is 0.364 e. The van der Waals surface area contributed by atoms with Crippen molar-refractivity contribution in [2.45, 2.75) is 49.3 Å². The Morgan fingerprint density at radius 3 is 2.45 bits per heavy atom. The van der Waals surface area contributed by atoms with E-state index in [1.807, 2.05) is 4.72 Å². The van der Waals surface area contributed by atoms with Gasteiger partial charge in [-0.05, 0) is 30.3 Å². The zero-order chi connectivity index (χ0) is 29.8. The van der Waals surface area contributed by atoms with Crippen LogP contribution in [0.25, 0.3) is 0 Å². The Kier molecular flexibility index (Phi) is 10.2. The van der Waals surface area contributed by atoms with Crippen molar-refractivity contribution >= 4 is 33.5 Å². The summed E-state index contributed by atoms with van der Waals surface area (Å²) in [5, 5.41) is 44.8. The van der Waals surface area contributed by atoms with Gasteiger partial charge in [-0.3, -0.25) is 4.79 Å². The fourth-order valence-corrected chi connectivity index (χ4v) is 4.94. The zero-order valence-electron chi connectivity index (χ0n) is 20.8. The predicted octanol–water partition coefficient (Wildman–Crippen LogP) is 0.135. The molecule has 0 aliphatic carbocycles. The van der Waals surface area contributed by atoms with Crippen molar-refractivity contribution in [1.29, 1.82) is 0 Å². The van der Waals surface area contributed by atoms with Crippen molar-refractivity contribution in [3.63, 3.8) is 0 Å². The molecule has 6 atom stereocenters. The number of aliphatic carboxylic acids is 1. The number of carbonyl (C=O) groups excluding carboxylic acids is 1. The summed E-state index contributed by atoms with van der Waals surface area (Å²) in [6.07, 6.45) is -7.98. The van der Waals surface area contributed by atoms with Gasteiger partial charge in [-0.15, -0.1) is 0 Å². The molecule has 2 aromatic rings. The van der Waals surface area contributed by atoms with Crippen LogP contribution in [0.4, 0.5) is 8.78 Å². The third-order valence-corrected chi connectivity index (χ3v) is 7.00. The maximum absolute atomic E-state index is 14.1. The second-order valence-corrected chi connectivity index (χ2v) is 11.3. The molecule has 220 valence electrons. The molecule has 0 unspecified atom stereocenters. The third kappa shape index (κ3) is 7.70. The molecule has 16 heteroatoms. The van der Waals surface area contributed by atoms with Crippen LogP contribution in [0.3, 0.4) is 0 Å². The second-order valence-electron chi connectivity index (χ2n) is 9.10. The molecule has 1 amide bonds. The summed E-state index contributed by atoms with van der Waals surface area (Å²) in [6.45, 7) is -1.46. The minimum absolute atomic E-state index is 0.162. The lowest BCUT2D eigenvalue weighted by Gasteiger charge is -2.46. The molecule has 40 heavy (non-hydrogen) atoms. The largest absolute Gasteiger partial charge is 0.477 e. The van der Waals surface area contributed by atoms with E-state index in [0.29, 0.717) is 5.02 Å². The van der Waals surface area contributed by atoms with Crippen LogP contribution in [0.2, 0.25) is 5.02 Å². The van der Waals surface area contributed by atoms with Crippen LogP contribution in [0.5, 0.6) is 0 Å². The van der Waals surface area contributed by atoms with Gasteiger partial charge in [-0.1, -0.05) is 23.7 Å². The number of nitrogens with one attached hydrogen (secondary N) is 2. The topological polar surface area (TPSA) is 192 Å². The number of hydrogen-bond acceptors (Lipinski definition) is 9. The molecule has 12 nitrogen and oxygen atoms in total. The Balaban J connectivity index is 1.84. The first kappa shape index (κ1) is 31.8. The highest BCUT2D eigenvalue weighted by molar-refractivity contribution is 7.88. The van der Waals surface area contributed by atoms with E-state index in [9.17, 15) is 47.2 Å². The quantitative estimate of drug-likeness (QED) is 0.204. The number of benzene rings is 2. The molecular formula is C24H27ClF2N2O10S. The molecule has 1 fully saturated rings. The third-order valence-electron chi connectivity index (χ3n) is 6.05. The lowest BCUT2D eigenvalue weighted by atomic mass is 9.89. The molecule has 0 aromatic heterocycles. The number of halogens is 3. The summed E-state index contributed by atoms with van der Waals surface area (Å²) >= 11 is 5.78. The minimum Gasteiger partial charge on any atom is -0.477 e. The van der Waals surface area contributed by atoms with Crippen molar-refractivity contribution in [3.05, 3.63) is 70.2 Å². The van der Waals surface area contributed by atoms with E-state index in [1.54, 1.807) is 0 Å². The fourth-order valence-electron chi connectivity index (χ4n) is 4.02. The van der Waals surface area contributed by atoms with Crippen molar-refractivity contribution in [2.75, 3.05) is 12.8 Å². The van der Waals surface area contributed by atoms with E-state index in [-0.39, 0.29) is 5.56 Å². The van der Waals surface area contributed by atoms with Gasteiger partial charge in [0.2, 0.25) is 10.0 Å². The van der Waals surface area contributed by atoms with Crippen molar-refractivity contribution < 1.29 is 56.7 Å². The summed E-state index contributed by atoms with van der Waals surface area (Å²) < 4.78 is 64.4. The predicted molar refractivity (Wildman–Crippen MR) is 135 cm³/mol. The van der Waals surface area contributed by atoms with Crippen LogP contribution in [0.15, 0.2) is 42.5 Å². The molecule has 1 aliphatic heterocycles. The van der Waals surface area contributed by atoms with Crippen LogP contribution in [-0.2, 0) is 30.9 Å². The van der Waals surface area contributed by atoms with Gasteiger partial charge in [0.1, 0.15) is 12.2 Å². The van der Waals surface area contributed by atoms with E-state index >= 15 is 0 Å². The molecular weight excluding hydrogens is 582 g/mol. The number of hydrogen-bond donors (Lipinski definition) is 6. The highest BCUT2D eigenvalue weighted by Gasteiger charge is 2.56. The van der Waals surface area contributed by atoms with Gasteiger partial charge in [-0.25, -0.2) is 26.7 Å². The Hall–Kier alpha value is -2.76. The Morgan fingerprint density at radius 2 is 1.85 bits per heavy atom. The second kappa shape index (κ2) is 12.8. The maximum atomic E-state index is 14.1. The summed E-state index contributed by atoms with van der Waals surface area (Å²) in [7, 11) is -4.08. The molecule has 3 rings (SSSR count). The summed E-state index contributed by atoms with van der Waals surface area (Å²) in [5.74, 6) is -7.85. The minimum atomic E-state index is -4.08. The molecule has 0 spiro atoms. The lowest BCUT2D eigenvalue weighted by Crippen LogP contribution is -2.68. The number of aliphatic hydroxyl groups excluding tert-OH is 3. The van der Waals surface area contributed by atoms with Crippen LogP contribution < -0.4 is 10.0 Å². The van der Waals surface area contributed by atoms with Crippen LogP contribution in [0, 0.1) is 11.6 Å². The lowest BCUT2D eigenvalue weighted by molar-refractivity contribution is -0.313. The van der Waals surface area contributed by atoms with Gasteiger partial charge in [0.15, 0.2) is 11.6 Å². The van der Waals surface area contributed by atoms with Gasteiger partial charge in [-0.2, -0.15) is 0 Å². The standard InChI is InChI=1S/C24H27ClF2N2O10S/c1-40(36,37)29-19-16(30)9-24(23(34)35,38-11-13-3-2-4-15(26)18(13)27)39-21(19)20(32)17(31)10-28-22(33)12-5-7-14(25)8-6-12/h2-8,16-17,19-21,29-32H,9-11H2,1H3,(H,28,33)(H,34,35)/t16-,17+,19+,20+,21+,24+/m0/s1. The number of carboxylic acids is 1. The monoisotopic (exact) mass is 608 g/mol. The van der Waals surface area contributed by atoms with E-state index in [4.69, 9.17) is 21.1 Å². The average molecular weight is 609 g/mol. The molecule has 0 bridgehead atoms. The normalized spacial score (nSPS) is 24.7. The van der Waals surface area contributed by atoms with Crippen molar-refractivity contribution in [2.24, 2.45) is 0 Å². The van der Waals surface area contributed by atoms with Crippen molar-refractivity contribution in [3.8, 4) is 0 Å². The zero-order valence-corrected chi connectivity index (χ0v) is 22.4. The van der Waals surface area contributed by atoms with Gasteiger partial charge in [0.25, 0.3) is 11.7 Å². The smallest absolute Gasteiger partial charge is 0.364 e. The molecule has 0 saturated carbocycles. The Labute approximate surface area is 232 Å². The number of rotatable bonds is 11. The van der Waals surface area contributed by atoms with Gasteiger partial charge >= 0.3 is 5.97 Å². The number of aliphatic hydroxyl groups is 3. The van der Waals surface area contributed by atoms with E-state index in [1.165, 1.54) is 24.3 Å². The number of carboxylic acid groups (broad SMARTS) is 1. The first-order chi connectivity index (χ1) is 18.6. The molecule has 1 aliphatic rings. The number of carbonyl (C=O) groups is 2. The fraction of sp³-hybridized carbons (Fsp3) is 0.417. The first-order valence-corrected chi connectivity index (χ1v) is 13.9. The molecule has 2 aromatic carbocycles. The highest BCUT2D eigenvalue weighted by Crippen LogP contribution is 2.34. The summed E-state index contributed by atoms with van der Waals surface area (Å²) in [5.41, 5.74) is -0.230. The van der Waals surface area contributed by atoms with Crippen molar-refractivity contribution in [1.82, 2.24) is 10.0 Å². The van der Waals surface area contributed by atoms with Gasteiger partial charge in [0, 0.05) is 29.1 Å².